The van der Waals surface area contributed by atoms with E-state index in [0.29, 0.717) is 25.0 Å². The lowest BCUT2D eigenvalue weighted by Crippen LogP contribution is -2.42. The number of hydrogen-bond donors (Lipinski definition) is 0. The Morgan fingerprint density at radius 2 is 1.71 bits per heavy atom. The molecule has 0 bridgehead atoms. The Morgan fingerprint density at radius 3 is 2.39 bits per heavy atom. The van der Waals surface area contributed by atoms with Gasteiger partial charge in [0.05, 0.1) is 6.61 Å². The molecule has 6 rings (SSSR count). The van der Waals surface area contributed by atoms with Gasteiger partial charge < -0.3 is 19.1 Å². The number of rotatable bonds is 6. The first-order valence-corrected chi connectivity index (χ1v) is 14.5. The minimum absolute atomic E-state index is 0.130. The van der Waals surface area contributed by atoms with Gasteiger partial charge >= 0.3 is 0 Å². The molecular formula is C32H39N3O3. The maximum Gasteiger partial charge on any atom is 0.253 e. The van der Waals surface area contributed by atoms with Gasteiger partial charge in [-0.15, -0.1) is 0 Å². The van der Waals surface area contributed by atoms with Crippen molar-refractivity contribution >= 4 is 22.7 Å². The average molecular weight is 514 g/mol. The Balaban J connectivity index is 1.35. The highest BCUT2D eigenvalue weighted by Crippen LogP contribution is 2.35. The van der Waals surface area contributed by atoms with Gasteiger partial charge in [-0.3, -0.25) is 9.59 Å². The van der Waals surface area contributed by atoms with Crippen LogP contribution in [0.1, 0.15) is 73.1 Å². The number of fused-ring (bicyclic) bond motifs is 3. The zero-order valence-corrected chi connectivity index (χ0v) is 22.7. The molecular weight excluding hydrogens is 474 g/mol. The smallest absolute Gasteiger partial charge is 0.253 e. The Morgan fingerprint density at radius 1 is 0.947 bits per heavy atom. The van der Waals surface area contributed by atoms with E-state index in [1.165, 1.54) is 16.8 Å². The highest BCUT2D eigenvalue weighted by Gasteiger charge is 2.33. The molecule has 0 radical (unpaired) electrons. The molecule has 2 amide bonds. The van der Waals surface area contributed by atoms with Crippen LogP contribution in [0.4, 0.5) is 0 Å². The van der Waals surface area contributed by atoms with Crippen molar-refractivity contribution in [1.29, 1.82) is 0 Å². The first-order chi connectivity index (χ1) is 18.5. The van der Waals surface area contributed by atoms with Crippen LogP contribution in [0.2, 0.25) is 0 Å². The number of aromatic nitrogens is 1. The maximum atomic E-state index is 13.5. The number of likely N-dealkylation sites (tertiary alicyclic amines) is 1. The second-order valence-corrected chi connectivity index (χ2v) is 11.4. The predicted octanol–water partition coefficient (Wildman–Crippen LogP) is 5.65. The standard InChI is InChI=1S/C32H39N3O3/c1-3-38-26-10-7-23(8-11-26)20-35-29-12-9-25(32(37)33-16-13-22(2)14-17-33)19-27(29)28-21-34(18-15-30(28)35)31(36)24-5-4-6-24/h7-12,19,22,24H,3-6,13-18,20-21H2,1-2H3. The molecule has 200 valence electrons. The molecule has 1 aromatic heterocycles. The van der Waals surface area contributed by atoms with Gasteiger partial charge in [-0.25, -0.2) is 0 Å². The number of carbonyl (C=O) groups excluding carboxylic acids is 2. The second-order valence-electron chi connectivity index (χ2n) is 11.4. The molecule has 0 spiro atoms. The first-order valence-electron chi connectivity index (χ1n) is 14.5. The van der Waals surface area contributed by atoms with Gasteiger partial charge in [-0.2, -0.15) is 0 Å². The van der Waals surface area contributed by atoms with Gasteiger partial charge in [0.2, 0.25) is 5.91 Å². The number of ether oxygens (including phenoxy) is 1. The fourth-order valence-corrected chi connectivity index (χ4v) is 6.30. The largest absolute Gasteiger partial charge is 0.494 e. The lowest BCUT2D eigenvalue weighted by atomic mass is 9.84. The van der Waals surface area contributed by atoms with E-state index < -0.39 is 0 Å². The molecule has 0 N–H and O–H groups in total. The third-order valence-corrected chi connectivity index (χ3v) is 8.91. The van der Waals surface area contributed by atoms with E-state index in [0.717, 1.165) is 86.9 Å². The molecule has 2 aromatic carbocycles. The summed E-state index contributed by atoms with van der Waals surface area (Å²) in [5, 5.41) is 1.12. The van der Waals surface area contributed by atoms with Gasteiger partial charge in [0.25, 0.3) is 5.91 Å². The lowest BCUT2D eigenvalue weighted by molar-refractivity contribution is -0.139. The second kappa shape index (κ2) is 10.5. The van der Waals surface area contributed by atoms with Crippen LogP contribution in [-0.2, 0) is 24.3 Å². The highest BCUT2D eigenvalue weighted by atomic mass is 16.5. The number of carbonyl (C=O) groups is 2. The molecule has 6 heteroatoms. The van der Waals surface area contributed by atoms with E-state index in [2.05, 4.69) is 40.7 Å². The van der Waals surface area contributed by atoms with Gasteiger partial charge in [-0.05, 0) is 74.4 Å². The van der Waals surface area contributed by atoms with Gasteiger partial charge in [0, 0.05) is 72.8 Å². The summed E-state index contributed by atoms with van der Waals surface area (Å²) < 4.78 is 8.04. The molecule has 3 heterocycles. The molecule has 2 fully saturated rings. The van der Waals surface area contributed by atoms with Crippen molar-refractivity contribution in [3.63, 3.8) is 0 Å². The Bertz CT molecular complexity index is 1330. The molecule has 2 aliphatic heterocycles. The van der Waals surface area contributed by atoms with Crippen LogP contribution >= 0.6 is 0 Å². The fraction of sp³-hybridized carbons (Fsp3) is 0.500. The normalized spacial score (nSPS) is 18.4. The summed E-state index contributed by atoms with van der Waals surface area (Å²) in [7, 11) is 0. The SMILES string of the molecule is CCOc1ccc(Cn2c3c(c4cc(C(=O)N5CCC(C)CC5)ccc42)CN(C(=O)C2CCC2)CC3)cc1. The van der Waals surface area contributed by atoms with Crippen molar-refractivity contribution in [1.82, 2.24) is 14.4 Å². The summed E-state index contributed by atoms with van der Waals surface area (Å²) in [5.74, 6) is 2.21. The van der Waals surface area contributed by atoms with Gasteiger partial charge in [-0.1, -0.05) is 25.5 Å². The molecule has 38 heavy (non-hydrogen) atoms. The Kier molecular flexibility index (Phi) is 6.89. The van der Waals surface area contributed by atoms with Crippen LogP contribution in [0.5, 0.6) is 5.75 Å². The number of piperidine rings is 1. The average Bonchev–Trinajstić information content (AvgIpc) is 3.21. The van der Waals surface area contributed by atoms with Crippen LogP contribution in [0.25, 0.3) is 10.9 Å². The van der Waals surface area contributed by atoms with E-state index in [4.69, 9.17) is 4.74 Å². The van der Waals surface area contributed by atoms with Crippen LogP contribution in [0.15, 0.2) is 42.5 Å². The van der Waals surface area contributed by atoms with Crippen molar-refractivity contribution in [2.24, 2.45) is 11.8 Å². The van der Waals surface area contributed by atoms with E-state index >= 15 is 0 Å². The number of hydrogen-bond acceptors (Lipinski definition) is 3. The summed E-state index contributed by atoms with van der Waals surface area (Å²) in [6, 6.07) is 14.6. The monoisotopic (exact) mass is 513 g/mol. The van der Waals surface area contributed by atoms with Crippen LogP contribution in [0.3, 0.4) is 0 Å². The van der Waals surface area contributed by atoms with Crippen LogP contribution < -0.4 is 4.74 Å². The summed E-state index contributed by atoms with van der Waals surface area (Å²) in [4.78, 5) is 30.7. The molecule has 0 atom stereocenters. The van der Waals surface area contributed by atoms with Crippen LogP contribution in [-0.4, -0.2) is 52.4 Å². The minimum atomic E-state index is 0.130. The minimum Gasteiger partial charge on any atom is -0.494 e. The molecule has 1 aliphatic carbocycles. The van der Waals surface area contributed by atoms with Crippen molar-refractivity contribution in [2.45, 2.75) is 65.5 Å². The van der Waals surface area contributed by atoms with Crippen LogP contribution in [0, 0.1) is 11.8 Å². The summed E-state index contributed by atoms with van der Waals surface area (Å²) in [6.07, 6.45) is 6.19. The van der Waals surface area contributed by atoms with E-state index in [1.54, 1.807) is 0 Å². The summed E-state index contributed by atoms with van der Waals surface area (Å²) >= 11 is 0. The molecule has 1 saturated carbocycles. The zero-order chi connectivity index (χ0) is 26.2. The quantitative estimate of drug-likeness (QED) is 0.428. The fourth-order valence-electron chi connectivity index (χ4n) is 6.30. The third kappa shape index (κ3) is 4.70. The molecule has 6 nitrogen and oxygen atoms in total. The van der Waals surface area contributed by atoms with Gasteiger partial charge in [0.15, 0.2) is 0 Å². The number of nitrogens with zero attached hydrogens (tertiary/aromatic N) is 3. The predicted molar refractivity (Wildman–Crippen MR) is 149 cm³/mol. The highest BCUT2D eigenvalue weighted by molar-refractivity contribution is 5.99. The van der Waals surface area contributed by atoms with E-state index in [9.17, 15) is 9.59 Å². The summed E-state index contributed by atoms with van der Waals surface area (Å²) in [5.41, 5.74) is 5.62. The number of amides is 2. The van der Waals surface area contributed by atoms with E-state index in [-0.39, 0.29) is 11.8 Å². The molecule has 3 aromatic rings. The summed E-state index contributed by atoms with van der Waals surface area (Å²) in [6.45, 7) is 8.74. The molecule has 1 saturated heterocycles. The first kappa shape index (κ1) is 25.0. The van der Waals surface area contributed by atoms with Crippen molar-refractivity contribution in [3.8, 4) is 5.75 Å². The van der Waals surface area contributed by atoms with Gasteiger partial charge in [0.1, 0.15) is 5.75 Å². The van der Waals surface area contributed by atoms with Crippen molar-refractivity contribution < 1.29 is 14.3 Å². The maximum absolute atomic E-state index is 13.5. The lowest BCUT2D eigenvalue weighted by Gasteiger charge is -2.34. The Labute approximate surface area is 225 Å². The van der Waals surface area contributed by atoms with Crippen molar-refractivity contribution in [2.75, 3.05) is 26.2 Å². The van der Waals surface area contributed by atoms with E-state index in [1.807, 2.05) is 30.0 Å². The number of benzene rings is 2. The van der Waals surface area contributed by atoms with Crippen molar-refractivity contribution in [3.05, 3.63) is 64.8 Å². The topological polar surface area (TPSA) is 54.8 Å². The third-order valence-electron chi connectivity index (χ3n) is 8.91. The zero-order valence-electron chi connectivity index (χ0n) is 22.7. The molecule has 0 unspecified atom stereocenters. The molecule has 3 aliphatic rings. The Hall–Kier alpha value is -3.28.